The van der Waals surface area contributed by atoms with Crippen LogP contribution in [0.3, 0.4) is 0 Å². The zero-order valence-corrected chi connectivity index (χ0v) is 10.4. The van der Waals surface area contributed by atoms with Gasteiger partial charge in [0, 0.05) is 11.6 Å². The number of nitroso groups, excluding NO2 is 1. The van der Waals surface area contributed by atoms with Gasteiger partial charge in [-0.3, -0.25) is 4.79 Å². The third kappa shape index (κ3) is 1.85. The van der Waals surface area contributed by atoms with Gasteiger partial charge in [-0.25, -0.2) is 0 Å². The molecule has 0 aliphatic heterocycles. The normalized spacial score (nSPS) is 10.6. The number of nitrogens with zero attached hydrogens (tertiary/aromatic N) is 1. The Labute approximate surface area is 113 Å². The molecule has 0 aliphatic rings. The van der Waals surface area contributed by atoms with Crippen molar-refractivity contribution < 1.29 is 4.42 Å². The molecule has 0 unspecified atom stereocenters. The van der Waals surface area contributed by atoms with Crippen molar-refractivity contribution in [3.8, 4) is 11.3 Å². The highest BCUT2D eigenvalue weighted by molar-refractivity contribution is 5.94. The maximum Gasteiger partial charge on any atom is 0.193 e. The van der Waals surface area contributed by atoms with Crippen LogP contribution in [0.15, 0.2) is 62.9 Å². The minimum absolute atomic E-state index is 0.0441. The van der Waals surface area contributed by atoms with Gasteiger partial charge in [-0.05, 0) is 17.3 Å². The lowest BCUT2D eigenvalue weighted by Gasteiger charge is -2.05. The van der Waals surface area contributed by atoms with Crippen molar-refractivity contribution in [3.63, 3.8) is 0 Å². The van der Waals surface area contributed by atoms with Gasteiger partial charge < -0.3 is 10.2 Å². The molecule has 0 amide bonds. The molecule has 3 aromatic rings. The summed E-state index contributed by atoms with van der Waals surface area (Å²) >= 11 is 0. The molecule has 2 N–H and O–H groups in total. The molecule has 0 fully saturated rings. The monoisotopic (exact) mass is 266 g/mol. The summed E-state index contributed by atoms with van der Waals surface area (Å²) in [5.74, 6) is 0.374. The second kappa shape index (κ2) is 4.62. The van der Waals surface area contributed by atoms with Crippen LogP contribution in [0.1, 0.15) is 0 Å². The summed E-state index contributed by atoms with van der Waals surface area (Å²) in [5.41, 5.74) is 6.44. The minimum Gasteiger partial charge on any atom is -0.453 e. The largest absolute Gasteiger partial charge is 0.453 e. The number of nitrogen functional groups attached to an aromatic ring is 1. The SMILES string of the molecule is Nc1ccc2c(=O)cc(-c3ccccc3)oc2c1N=O. The molecule has 3 rings (SSSR count). The summed E-state index contributed by atoms with van der Waals surface area (Å²) in [7, 11) is 0. The first-order valence-corrected chi connectivity index (χ1v) is 5.96. The molecular formula is C15H10N2O3. The fourth-order valence-electron chi connectivity index (χ4n) is 2.06. The van der Waals surface area contributed by atoms with Gasteiger partial charge in [0.05, 0.1) is 11.1 Å². The van der Waals surface area contributed by atoms with Gasteiger partial charge >= 0.3 is 0 Å². The van der Waals surface area contributed by atoms with Crippen LogP contribution in [0, 0.1) is 4.91 Å². The topological polar surface area (TPSA) is 85.7 Å². The zero-order valence-electron chi connectivity index (χ0n) is 10.4. The number of benzene rings is 2. The number of hydrogen-bond donors (Lipinski definition) is 1. The van der Waals surface area contributed by atoms with Crippen LogP contribution < -0.4 is 11.2 Å². The number of hydrogen-bond acceptors (Lipinski definition) is 5. The van der Waals surface area contributed by atoms with E-state index in [1.165, 1.54) is 18.2 Å². The predicted molar refractivity (Wildman–Crippen MR) is 77.8 cm³/mol. The third-order valence-corrected chi connectivity index (χ3v) is 3.05. The van der Waals surface area contributed by atoms with Gasteiger partial charge in [0.1, 0.15) is 5.76 Å². The summed E-state index contributed by atoms with van der Waals surface area (Å²) in [5, 5.41) is 3.15. The Balaban J connectivity index is 2.39. The number of nitrogens with two attached hydrogens (primary N) is 1. The lowest BCUT2D eigenvalue weighted by molar-refractivity contribution is 0.619. The lowest BCUT2D eigenvalue weighted by atomic mass is 10.1. The summed E-state index contributed by atoms with van der Waals surface area (Å²) in [6, 6.07) is 13.5. The van der Waals surface area contributed by atoms with E-state index in [0.717, 1.165) is 5.56 Å². The Bertz CT molecular complexity index is 854. The number of fused-ring (bicyclic) bond motifs is 1. The van der Waals surface area contributed by atoms with E-state index in [0.29, 0.717) is 5.76 Å². The van der Waals surface area contributed by atoms with E-state index in [9.17, 15) is 9.70 Å². The summed E-state index contributed by atoms with van der Waals surface area (Å²) in [4.78, 5) is 23.0. The van der Waals surface area contributed by atoms with Crippen LogP contribution in [-0.2, 0) is 0 Å². The second-order valence-electron chi connectivity index (χ2n) is 4.31. The van der Waals surface area contributed by atoms with Crippen molar-refractivity contribution >= 4 is 22.3 Å². The molecule has 20 heavy (non-hydrogen) atoms. The molecule has 0 atom stereocenters. The Hall–Kier alpha value is -2.95. The van der Waals surface area contributed by atoms with E-state index in [-0.39, 0.29) is 27.8 Å². The van der Waals surface area contributed by atoms with Gasteiger partial charge in [0.2, 0.25) is 0 Å². The van der Waals surface area contributed by atoms with Gasteiger partial charge in [-0.15, -0.1) is 4.91 Å². The van der Waals surface area contributed by atoms with E-state index < -0.39 is 0 Å². The summed E-state index contributed by atoms with van der Waals surface area (Å²) in [6.07, 6.45) is 0. The van der Waals surface area contributed by atoms with E-state index in [4.69, 9.17) is 10.2 Å². The molecule has 1 aromatic heterocycles. The molecule has 0 spiro atoms. The van der Waals surface area contributed by atoms with E-state index in [1.807, 2.05) is 30.3 Å². The van der Waals surface area contributed by atoms with E-state index in [1.54, 1.807) is 0 Å². The van der Waals surface area contributed by atoms with Crippen molar-refractivity contribution in [1.82, 2.24) is 0 Å². The van der Waals surface area contributed by atoms with Gasteiger partial charge in [-0.1, -0.05) is 30.3 Å². The first-order valence-electron chi connectivity index (χ1n) is 5.96. The van der Waals surface area contributed by atoms with Crippen LogP contribution in [0.4, 0.5) is 11.4 Å². The molecule has 0 radical (unpaired) electrons. The Morgan fingerprint density at radius 2 is 1.80 bits per heavy atom. The molecule has 2 aromatic carbocycles. The second-order valence-corrected chi connectivity index (χ2v) is 4.31. The Morgan fingerprint density at radius 3 is 2.50 bits per heavy atom. The first-order chi connectivity index (χ1) is 9.70. The van der Waals surface area contributed by atoms with Crippen molar-refractivity contribution in [2.75, 3.05) is 5.73 Å². The fraction of sp³-hybridized carbons (Fsp3) is 0. The summed E-state index contributed by atoms with van der Waals surface area (Å²) < 4.78 is 5.66. The highest BCUT2D eigenvalue weighted by atomic mass is 16.3. The molecule has 0 saturated carbocycles. The Kier molecular flexibility index (Phi) is 2.80. The zero-order chi connectivity index (χ0) is 14.1. The molecule has 98 valence electrons. The van der Waals surface area contributed by atoms with Crippen LogP contribution in [-0.4, -0.2) is 0 Å². The van der Waals surface area contributed by atoms with Gasteiger partial charge in [0.25, 0.3) is 0 Å². The predicted octanol–water partition coefficient (Wildman–Crippen LogP) is 3.44. The van der Waals surface area contributed by atoms with Crippen LogP contribution >= 0.6 is 0 Å². The van der Waals surface area contributed by atoms with Gasteiger partial charge in [-0.2, -0.15) is 0 Å². The molecule has 0 saturated heterocycles. The van der Waals surface area contributed by atoms with Crippen molar-refractivity contribution in [2.45, 2.75) is 0 Å². The lowest BCUT2D eigenvalue weighted by Crippen LogP contribution is -2.01. The fourth-order valence-corrected chi connectivity index (χ4v) is 2.06. The first kappa shape index (κ1) is 12.1. The molecule has 1 heterocycles. The maximum atomic E-state index is 12.1. The molecule has 0 aliphatic carbocycles. The smallest absolute Gasteiger partial charge is 0.193 e. The van der Waals surface area contributed by atoms with Crippen molar-refractivity contribution in [2.24, 2.45) is 5.18 Å². The average Bonchev–Trinajstić information content (AvgIpc) is 2.48. The maximum absolute atomic E-state index is 12.1. The van der Waals surface area contributed by atoms with Crippen molar-refractivity contribution in [1.29, 1.82) is 0 Å². The third-order valence-electron chi connectivity index (χ3n) is 3.05. The minimum atomic E-state index is -0.241. The standard InChI is InChI=1S/C15H10N2O3/c16-11-7-6-10-12(18)8-13(9-4-2-1-3-5-9)20-15(10)14(11)17-19/h1-8H,16H2. The van der Waals surface area contributed by atoms with E-state index in [2.05, 4.69) is 5.18 Å². The quantitative estimate of drug-likeness (QED) is 0.568. The Morgan fingerprint density at radius 1 is 1.05 bits per heavy atom. The van der Waals surface area contributed by atoms with Crippen LogP contribution in [0.25, 0.3) is 22.3 Å². The summed E-state index contributed by atoms with van der Waals surface area (Å²) in [6.45, 7) is 0. The number of anilines is 1. The molecular weight excluding hydrogens is 256 g/mol. The van der Waals surface area contributed by atoms with Crippen molar-refractivity contribution in [3.05, 3.63) is 63.7 Å². The highest BCUT2D eigenvalue weighted by Crippen LogP contribution is 2.33. The average molecular weight is 266 g/mol. The van der Waals surface area contributed by atoms with Crippen LogP contribution in [0.5, 0.6) is 0 Å². The number of rotatable bonds is 2. The highest BCUT2D eigenvalue weighted by Gasteiger charge is 2.13. The van der Waals surface area contributed by atoms with Crippen LogP contribution in [0.2, 0.25) is 0 Å². The molecule has 5 heteroatoms. The molecule has 5 nitrogen and oxygen atoms in total. The molecule has 0 bridgehead atoms. The van der Waals surface area contributed by atoms with Gasteiger partial charge in [0.15, 0.2) is 16.7 Å². The van der Waals surface area contributed by atoms with E-state index >= 15 is 0 Å².